The van der Waals surface area contributed by atoms with Crippen molar-refractivity contribution in [2.24, 2.45) is 11.8 Å². The summed E-state index contributed by atoms with van der Waals surface area (Å²) in [6, 6.07) is 0. The second-order valence-electron chi connectivity index (χ2n) is 4.49. The summed E-state index contributed by atoms with van der Waals surface area (Å²) in [6.07, 6.45) is 4.23. The van der Waals surface area contributed by atoms with Crippen LogP contribution in [-0.2, 0) is 9.53 Å². The second kappa shape index (κ2) is 6.83. The van der Waals surface area contributed by atoms with Gasteiger partial charge in [-0.1, -0.05) is 20.3 Å². The number of carbonyl (C=O) groups excluding carboxylic acids is 1. The first-order valence-electron chi connectivity index (χ1n) is 6.09. The zero-order valence-corrected chi connectivity index (χ0v) is 9.92. The van der Waals surface area contributed by atoms with Crippen LogP contribution in [0.25, 0.3) is 0 Å². The van der Waals surface area contributed by atoms with E-state index in [1.165, 1.54) is 0 Å². The Morgan fingerprint density at radius 3 is 2.73 bits per heavy atom. The predicted octanol–water partition coefficient (Wildman–Crippen LogP) is 1.97. The van der Waals surface area contributed by atoms with Crippen molar-refractivity contribution >= 4 is 5.91 Å². The maximum atomic E-state index is 11.6. The summed E-state index contributed by atoms with van der Waals surface area (Å²) in [6.45, 7) is 6.65. The van der Waals surface area contributed by atoms with E-state index >= 15 is 0 Å². The molecular formula is C12H23NO2. The van der Waals surface area contributed by atoms with Crippen LogP contribution in [0.15, 0.2) is 0 Å². The van der Waals surface area contributed by atoms with E-state index in [0.717, 1.165) is 45.4 Å². The molecule has 0 saturated carbocycles. The fourth-order valence-electron chi connectivity index (χ4n) is 1.93. The van der Waals surface area contributed by atoms with Crippen LogP contribution in [-0.4, -0.2) is 25.7 Å². The molecule has 1 fully saturated rings. The van der Waals surface area contributed by atoms with E-state index in [-0.39, 0.29) is 11.8 Å². The molecule has 15 heavy (non-hydrogen) atoms. The van der Waals surface area contributed by atoms with Crippen molar-refractivity contribution < 1.29 is 9.53 Å². The van der Waals surface area contributed by atoms with Crippen LogP contribution in [0.3, 0.4) is 0 Å². The van der Waals surface area contributed by atoms with Crippen molar-refractivity contribution in [3.05, 3.63) is 0 Å². The summed E-state index contributed by atoms with van der Waals surface area (Å²) >= 11 is 0. The summed E-state index contributed by atoms with van der Waals surface area (Å²) < 4.78 is 5.28. The summed E-state index contributed by atoms with van der Waals surface area (Å²) in [5, 5.41) is 3.04. The van der Waals surface area contributed by atoms with E-state index in [2.05, 4.69) is 12.2 Å². The minimum Gasteiger partial charge on any atom is -0.381 e. The Kier molecular flexibility index (Phi) is 5.69. The van der Waals surface area contributed by atoms with Crippen molar-refractivity contribution in [2.45, 2.75) is 39.5 Å². The topological polar surface area (TPSA) is 38.3 Å². The summed E-state index contributed by atoms with van der Waals surface area (Å²) in [5.74, 6) is 0.995. The van der Waals surface area contributed by atoms with Crippen LogP contribution in [0.4, 0.5) is 0 Å². The van der Waals surface area contributed by atoms with Gasteiger partial charge in [0.2, 0.25) is 5.91 Å². The van der Waals surface area contributed by atoms with Gasteiger partial charge in [-0.2, -0.15) is 0 Å². The molecule has 0 bridgehead atoms. The number of rotatable bonds is 5. The molecule has 0 aromatic rings. The maximum Gasteiger partial charge on any atom is 0.222 e. The van der Waals surface area contributed by atoms with Crippen molar-refractivity contribution in [1.82, 2.24) is 5.32 Å². The first kappa shape index (κ1) is 12.5. The molecule has 0 spiro atoms. The van der Waals surface area contributed by atoms with E-state index in [4.69, 9.17) is 4.74 Å². The largest absolute Gasteiger partial charge is 0.381 e. The highest BCUT2D eigenvalue weighted by Crippen LogP contribution is 2.13. The second-order valence-corrected chi connectivity index (χ2v) is 4.49. The third kappa shape index (κ3) is 4.65. The van der Waals surface area contributed by atoms with Crippen LogP contribution < -0.4 is 5.32 Å². The molecule has 0 aromatic heterocycles. The maximum absolute atomic E-state index is 11.6. The minimum atomic E-state index is 0.162. The Hall–Kier alpha value is -0.570. The number of hydrogen-bond acceptors (Lipinski definition) is 2. The predicted molar refractivity (Wildman–Crippen MR) is 60.6 cm³/mol. The third-order valence-corrected chi connectivity index (χ3v) is 3.08. The highest BCUT2D eigenvalue weighted by molar-refractivity contribution is 5.78. The number of ether oxygens (including phenoxy) is 1. The molecule has 3 heteroatoms. The molecule has 88 valence electrons. The highest BCUT2D eigenvalue weighted by atomic mass is 16.5. The molecule has 1 saturated heterocycles. The fraction of sp³-hybridized carbons (Fsp3) is 0.917. The Labute approximate surface area is 92.6 Å². The Balaban J connectivity index is 2.14. The molecule has 1 amide bonds. The molecule has 0 aromatic carbocycles. The third-order valence-electron chi connectivity index (χ3n) is 3.08. The van der Waals surface area contributed by atoms with Gasteiger partial charge in [0.1, 0.15) is 0 Å². The van der Waals surface area contributed by atoms with Gasteiger partial charge >= 0.3 is 0 Å². The lowest BCUT2D eigenvalue weighted by molar-refractivity contribution is -0.125. The molecule has 0 radical (unpaired) electrons. The number of carbonyl (C=O) groups is 1. The molecule has 1 unspecified atom stereocenters. The zero-order valence-electron chi connectivity index (χ0n) is 9.92. The van der Waals surface area contributed by atoms with Crippen LogP contribution in [0, 0.1) is 11.8 Å². The summed E-state index contributed by atoms with van der Waals surface area (Å²) in [5.41, 5.74) is 0. The quantitative estimate of drug-likeness (QED) is 0.758. The lowest BCUT2D eigenvalue weighted by Crippen LogP contribution is -2.35. The van der Waals surface area contributed by atoms with E-state index < -0.39 is 0 Å². The van der Waals surface area contributed by atoms with Crippen LogP contribution >= 0.6 is 0 Å². The van der Waals surface area contributed by atoms with Gasteiger partial charge in [0.25, 0.3) is 0 Å². The van der Waals surface area contributed by atoms with Crippen LogP contribution in [0.2, 0.25) is 0 Å². The van der Waals surface area contributed by atoms with Crippen LogP contribution in [0.5, 0.6) is 0 Å². The molecule has 1 rings (SSSR count). The molecule has 0 aliphatic carbocycles. The summed E-state index contributed by atoms with van der Waals surface area (Å²) in [7, 11) is 0. The van der Waals surface area contributed by atoms with Gasteiger partial charge in [0, 0.05) is 25.7 Å². The Morgan fingerprint density at radius 1 is 1.47 bits per heavy atom. The normalized spacial score (nSPS) is 19.9. The molecule has 1 N–H and O–H groups in total. The van der Waals surface area contributed by atoms with E-state index in [1.807, 2.05) is 6.92 Å². The van der Waals surface area contributed by atoms with Crippen molar-refractivity contribution in [2.75, 3.05) is 19.8 Å². The zero-order chi connectivity index (χ0) is 11.1. The average Bonchev–Trinajstić information content (AvgIpc) is 2.27. The molecule has 1 heterocycles. The van der Waals surface area contributed by atoms with E-state index in [0.29, 0.717) is 5.92 Å². The van der Waals surface area contributed by atoms with Gasteiger partial charge in [-0.25, -0.2) is 0 Å². The van der Waals surface area contributed by atoms with Gasteiger partial charge in [-0.05, 0) is 25.2 Å². The van der Waals surface area contributed by atoms with Crippen molar-refractivity contribution in [1.29, 1.82) is 0 Å². The SMILES string of the molecule is CCCC(C)C(=O)NCC1CCOCC1. The lowest BCUT2D eigenvalue weighted by Gasteiger charge is -2.23. The Bertz CT molecular complexity index is 188. The molecule has 1 atom stereocenters. The van der Waals surface area contributed by atoms with Crippen molar-refractivity contribution in [3.8, 4) is 0 Å². The van der Waals surface area contributed by atoms with E-state index in [1.54, 1.807) is 0 Å². The molecular weight excluding hydrogens is 190 g/mol. The van der Waals surface area contributed by atoms with Gasteiger partial charge < -0.3 is 10.1 Å². The minimum absolute atomic E-state index is 0.162. The average molecular weight is 213 g/mol. The van der Waals surface area contributed by atoms with Gasteiger partial charge in [0.05, 0.1) is 0 Å². The monoisotopic (exact) mass is 213 g/mol. The molecule has 1 aliphatic heterocycles. The van der Waals surface area contributed by atoms with E-state index in [9.17, 15) is 4.79 Å². The summed E-state index contributed by atoms with van der Waals surface area (Å²) in [4.78, 5) is 11.6. The van der Waals surface area contributed by atoms with Gasteiger partial charge in [0.15, 0.2) is 0 Å². The number of amides is 1. The number of nitrogens with one attached hydrogen (secondary N) is 1. The van der Waals surface area contributed by atoms with Crippen LogP contribution in [0.1, 0.15) is 39.5 Å². The Morgan fingerprint density at radius 2 is 2.13 bits per heavy atom. The van der Waals surface area contributed by atoms with Crippen molar-refractivity contribution in [3.63, 3.8) is 0 Å². The van der Waals surface area contributed by atoms with Gasteiger partial charge in [-0.15, -0.1) is 0 Å². The standard InChI is InChI=1S/C12H23NO2/c1-3-4-10(2)12(14)13-9-11-5-7-15-8-6-11/h10-11H,3-9H2,1-2H3,(H,13,14). The smallest absolute Gasteiger partial charge is 0.222 e. The van der Waals surface area contributed by atoms with Gasteiger partial charge in [-0.3, -0.25) is 4.79 Å². The fourth-order valence-corrected chi connectivity index (χ4v) is 1.93. The lowest BCUT2D eigenvalue weighted by atomic mass is 9.99. The first-order chi connectivity index (χ1) is 7.24. The number of hydrogen-bond donors (Lipinski definition) is 1. The first-order valence-corrected chi connectivity index (χ1v) is 6.09. The molecule has 3 nitrogen and oxygen atoms in total. The molecule has 1 aliphatic rings. The highest BCUT2D eigenvalue weighted by Gasteiger charge is 2.16.